The number of esters is 1. The van der Waals surface area contributed by atoms with Crippen molar-refractivity contribution in [1.29, 1.82) is 0 Å². The van der Waals surface area contributed by atoms with E-state index in [1.54, 1.807) is 61.5 Å². The molecule has 0 radical (unpaired) electrons. The van der Waals surface area contributed by atoms with Crippen LogP contribution in [0.4, 0.5) is 5.69 Å². The lowest BCUT2D eigenvalue weighted by Crippen LogP contribution is -2.01. The van der Waals surface area contributed by atoms with Crippen LogP contribution in [0.2, 0.25) is 0 Å². The van der Waals surface area contributed by atoms with Crippen LogP contribution in [-0.2, 0) is 4.74 Å². The Balaban J connectivity index is 1.88. The second-order valence-electron chi connectivity index (χ2n) is 5.80. The van der Waals surface area contributed by atoms with E-state index in [-0.39, 0.29) is 5.56 Å². The Morgan fingerprint density at radius 3 is 2.59 bits per heavy atom. The van der Waals surface area contributed by atoms with Crippen molar-refractivity contribution in [2.45, 2.75) is 6.92 Å². The highest BCUT2D eigenvalue weighted by Crippen LogP contribution is 2.25. The summed E-state index contributed by atoms with van der Waals surface area (Å²) in [6.45, 7) is 1.74. The van der Waals surface area contributed by atoms with Gasteiger partial charge in [0.1, 0.15) is 11.5 Å². The summed E-state index contributed by atoms with van der Waals surface area (Å²) < 4.78 is 10.5. The quantitative estimate of drug-likeness (QED) is 0.533. The molecule has 2 aromatic carbocycles. The number of aromatic carboxylic acids is 1. The second kappa shape index (κ2) is 7.70. The molecule has 0 amide bonds. The van der Waals surface area contributed by atoms with Gasteiger partial charge in [0.05, 0.1) is 30.1 Å². The molecule has 0 atom stereocenters. The van der Waals surface area contributed by atoms with E-state index in [9.17, 15) is 14.7 Å². The molecule has 0 saturated heterocycles. The maximum Gasteiger partial charge on any atom is 0.340 e. The first-order valence-electron chi connectivity index (χ1n) is 8.15. The minimum Gasteiger partial charge on any atom is -0.478 e. The van der Waals surface area contributed by atoms with Gasteiger partial charge >= 0.3 is 11.9 Å². The number of carbonyl (C=O) groups is 2. The van der Waals surface area contributed by atoms with Gasteiger partial charge in [0, 0.05) is 5.56 Å². The van der Waals surface area contributed by atoms with Crippen LogP contribution in [0.25, 0.3) is 11.3 Å². The number of hydrogen-bond acceptors (Lipinski definition) is 5. The molecule has 1 heterocycles. The highest BCUT2D eigenvalue weighted by atomic mass is 16.5. The highest BCUT2D eigenvalue weighted by Gasteiger charge is 2.12. The van der Waals surface area contributed by atoms with E-state index in [2.05, 4.69) is 4.99 Å². The summed E-state index contributed by atoms with van der Waals surface area (Å²) in [7, 11) is 1.31. The zero-order chi connectivity index (χ0) is 19.4. The Labute approximate surface area is 155 Å². The molecule has 0 spiro atoms. The van der Waals surface area contributed by atoms with Crippen LogP contribution in [0.5, 0.6) is 0 Å². The third-order valence-electron chi connectivity index (χ3n) is 4.02. The van der Waals surface area contributed by atoms with E-state index < -0.39 is 11.9 Å². The van der Waals surface area contributed by atoms with Gasteiger partial charge in [-0.3, -0.25) is 4.99 Å². The third-order valence-corrected chi connectivity index (χ3v) is 4.02. The van der Waals surface area contributed by atoms with Crippen LogP contribution in [0.3, 0.4) is 0 Å². The number of carbonyl (C=O) groups excluding carboxylic acids is 1. The number of carboxylic acids is 1. The molecule has 0 bridgehead atoms. The molecule has 6 heteroatoms. The van der Waals surface area contributed by atoms with E-state index in [1.165, 1.54) is 13.3 Å². The first kappa shape index (κ1) is 18.1. The largest absolute Gasteiger partial charge is 0.478 e. The molecule has 27 heavy (non-hydrogen) atoms. The van der Waals surface area contributed by atoms with Gasteiger partial charge in [0.2, 0.25) is 0 Å². The average molecular weight is 363 g/mol. The summed E-state index contributed by atoms with van der Waals surface area (Å²) in [6.07, 6.45) is 1.50. The molecule has 136 valence electrons. The van der Waals surface area contributed by atoms with Gasteiger partial charge in [-0.1, -0.05) is 24.3 Å². The summed E-state index contributed by atoms with van der Waals surface area (Å²) in [4.78, 5) is 27.4. The first-order valence-corrected chi connectivity index (χ1v) is 8.15. The minimum atomic E-state index is -0.984. The van der Waals surface area contributed by atoms with Gasteiger partial charge in [-0.25, -0.2) is 9.59 Å². The summed E-state index contributed by atoms with van der Waals surface area (Å²) in [6, 6.07) is 15.4. The number of ether oxygens (including phenoxy) is 1. The number of para-hydroxylation sites is 1. The van der Waals surface area contributed by atoms with Crippen molar-refractivity contribution < 1.29 is 23.8 Å². The fourth-order valence-corrected chi connectivity index (χ4v) is 2.58. The molecule has 0 aliphatic carbocycles. The average Bonchev–Trinajstić information content (AvgIpc) is 3.15. The van der Waals surface area contributed by atoms with Gasteiger partial charge in [0.15, 0.2) is 0 Å². The van der Waals surface area contributed by atoms with E-state index in [4.69, 9.17) is 9.15 Å². The first-order chi connectivity index (χ1) is 13.0. The lowest BCUT2D eigenvalue weighted by Gasteiger charge is -2.03. The van der Waals surface area contributed by atoms with Gasteiger partial charge in [-0.05, 0) is 42.8 Å². The van der Waals surface area contributed by atoms with E-state index in [0.717, 1.165) is 0 Å². The minimum absolute atomic E-state index is 0.228. The molecule has 3 rings (SSSR count). The summed E-state index contributed by atoms with van der Waals surface area (Å²) in [5.41, 5.74) is 2.39. The number of methoxy groups -OCH3 is 1. The van der Waals surface area contributed by atoms with E-state index >= 15 is 0 Å². The monoisotopic (exact) mass is 363 g/mol. The molecule has 0 aliphatic heterocycles. The lowest BCUT2D eigenvalue weighted by molar-refractivity contribution is 0.0600. The smallest absolute Gasteiger partial charge is 0.340 e. The third kappa shape index (κ3) is 3.95. The summed E-state index contributed by atoms with van der Waals surface area (Å²) in [5, 5.41) is 9.25. The van der Waals surface area contributed by atoms with Gasteiger partial charge in [-0.15, -0.1) is 0 Å². The number of aliphatic imine (C=N–C) groups is 1. The van der Waals surface area contributed by atoms with Crippen LogP contribution in [-0.4, -0.2) is 30.4 Å². The topological polar surface area (TPSA) is 89.1 Å². The van der Waals surface area contributed by atoms with Gasteiger partial charge < -0.3 is 14.3 Å². The second-order valence-corrected chi connectivity index (χ2v) is 5.80. The number of furan rings is 1. The molecular formula is C21H17NO5. The standard InChI is InChI=1S/C21H17NO5/c1-13-7-8-14(11-17(13)20(23)24)19-10-9-15(27-19)12-22-18-6-4-3-5-16(18)21(25)26-2/h3-12H,1-2H3,(H,23,24). The Morgan fingerprint density at radius 2 is 1.85 bits per heavy atom. The summed E-state index contributed by atoms with van der Waals surface area (Å²) in [5.74, 6) is -0.451. The molecule has 1 aromatic heterocycles. The molecule has 0 unspecified atom stereocenters. The van der Waals surface area contributed by atoms with Crippen LogP contribution in [0.15, 0.2) is 64.0 Å². The molecule has 0 aliphatic rings. The van der Waals surface area contributed by atoms with Gasteiger partial charge in [0.25, 0.3) is 0 Å². The maximum absolute atomic E-state index is 11.8. The number of benzene rings is 2. The zero-order valence-electron chi connectivity index (χ0n) is 14.8. The number of hydrogen-bond donors (Lipinski definition) is 1. The van der Waals surface area contributed by atoms with Crippen molar-refractivity contribution in [3.8, 4) is 11.3 Å². The SMILES string of the molecule is COC(=O)c1ccccc1N=Cc1ccc(-c2ccc(C)c(C(=O)O)c2)o1. The fraction of sp³-hybridized carbons (Fsp3) is 0.0952. The number of aryl methyl sites for hydroxylation is 1. The normalized spacial score (nSPS) is 10.9. The predicted octanol–water partition coefficient (Wildman–Crippen LogP) is 4.49. The van der Waals surface area contributed by atoms with Crippen LogP contribution in [0.1, 0.15) is 32.0 Å². The van der Waals surface area contributed by atoms with Crippen molar-refractivity contribution in [2.75, 3.05) is 7.11 Å². The Kier molecular flexibility index (Phi) is 5.17. The summed E-state index contributed by atoms with van der Waals surface area (Å²) >= 11 is 0. The Bertz CT molecular complexity index is 1030. The predicted molar refractivity (Wildman–Crippen MR) is 101 cm³/mol. The van der Waals surface area contributed by atoms with Crippen molar-refractivity contribution in [3.63, 3.8) is 0 Å². The number of rotatable bonds is 5. The number of nitrogens with zero attached hydrogens (tertiary/aromatic N) is 1. The zero-order valence-corrected chi connectivity index (χ0v) is 14.8. The molecule has 3 aromatic rings. The Hall–Kier alpha value is -3.67. The van der Waals surface area contributed by atoms with Gasteiger partial charge in [-0.2, -0.15) is 0 Å². The highest BCUT2D eigenvalue weighted by molar-refractivity contribution is 5.96. The van der Waals surface area contributed by atoms with Crippen molar-refractivity contribution in [1.82, 2.24) is 0 Å². The lowest BCUT2D eigenvalue weighted by atomic mass is 10.0. The van der Waals surface area contributed by atoms with Crippen molar-refractivity contribution in [3.05, 3.63) is 77.0 Å². The molecule has 0 saturated carbocycles. The molecule has 0 fully saturated rings. The van der Waals surface area contributed by atoms with Crippen LogP contribution >= 0.6 is 0 Å². The van der Waals surface area contributed by atoms with E-state index in [0.29, 0.717) is 33.9 Å². The fourth-order valence-electron chi connectivity index (χ4n) is 2.58. The molecule has 1 N–H and O–H groups in total. The van der Waals surface area contributed by atoms with Crippen molar-refractivity contribution in [2.24, 2.45) is 4.99 Å². The molecular weight excluding hydrogens is 346 g/mol. The van der Waals surface area contributed by atoms with Crippen LogP contribution in [0, 0.1) is 6.92 Å². The Morgan fingerprint density at radius 1 is 1.07 bits per heavy atom. The van der Waals surface area contributed by atoms with Crippen molar-refractivity contribution >= 4 is 23.8 Å². The number of carboxylic acid groups (broad SMARTS) is 1. The van der Waals surface area contributed by atoms with Crippen LogP contribution < -0.4 is 0 Å². The maximum atomic E-state index is 11.8. The molecule has 6 nitrogen and oxygen atoms in total. The van der Waals surface area contributed by atoms with E-state index in [1.807, 2.05) is 0 Å².